The van der Waals surface area contributed by atoms with Gasteiger partial charge in [-0.1, -0.05) is 12.1 Å². The van der Waals surface area contributed by atoms with E-state index >= 15 is 0 Å². The van der Waals surface area contributed by atoms with Crippen molar-refractivity contribution in [3.63, 3.8) is 0 Å². The minimum absolute atomic E-state index is 0.0983. The second-order valence-corrected chi connectivity index (χ2v) is 7.37. The normalized spacial score (nSPS) is 17.9. The number of nitrogens with zero attached hydrogens (tertiary/aromatic N) is 4. The van der Waals surface area contributed by atoms with Crippen molar-refractivity contribution in [3.05, 3.63) is 30.3 Å². The number of phenols is 1. The van der Waals surface area contributed by atoms with Crippen LogP contribution in [0.25, 0.3) is 11.3 Å². The Kier molecular flexibility index (Phi) is 4.93. The first kappa shape index (κ1) is 18.9. The van der Waals surface area contributed by atoms with Crippen LogP contribution < -0.4 is 10.6 Å². The third-order valence-corrected chi connectivity index (χ3v) is 4.73. The number of aromatic hydroxyl groups is 1. The number of para-hydroxylation sites is 1. The van der Waals surface area contributed by atoms with Gasteiger partial charge in [0.1, 0.15) is 11.4 Å². The molecule has 0 spiro atoms. The molecule has 0 radical (unpaired) electrons. The van der Waals surface area contributed by atoms with Crippen molar-refractivity contribution >= 4 is 17.4 Å². The number of amides is 1. The summed E-state index contributed by atoms with van der Waals surface area (Å²) >= 11 is 0. The number of benzene rings is 1. The summed E-state index contributed by atoms with van der Waals surface area (Å²) in [5.41, 5.74) is 6.47. The van der Waals surface area contributed by atoms with Crippen molar-refractivity contribution in [2.75, 3.05) is 30.3 Å². The lowest BCUT2D eigenvalue weighted by Gasteiger charge is -2.42. The summed E-state index contributed by atoms with van der Waals surface area (Å²) in [6.07, 6.45) is 0. The van der Waals surface area contributed by atoms with Gasteiger partial charge >= 0.3 is 0 Å². The van der Waals surface area contributed by atoms with E-state index in [-0.39, 0.29) is 17.7 Å². The van der Waals surface area contributed by atoms with E-state index in [1.165, 1.54) is 13.8 Å². The Morgan fingerprint density at radius 2 is 1.96 bits per heavy atom. The van der Waals surface area contributed by atoms with Gasteiger partial charge in [0.25, 0.3) is 5.91 Å². The van der Waals surface area contributed by atoms with Crippen LogP contribution in [0.5, 0.6) is 5.75 Å². The Morgan fingerprint density at radius 3 is 2.59 bits per heavy atom. The Hall–Kier alpha value is -2.87. The van der Waals surface area contributed by atoms with Gasteiger partial charge in [0.15, 0.2) is 5.82 Å². The number of nitrogens with two attached hydrogens (primary N) is 1. The molecule has 1 fully saturated rings. The van der Waals surface area contributed by atoms with Crippen molar-refractivity contribution in [2.45, 2.75) is 32.4 Å². The minimum atomic E-state index is -1.40. The molecule has 2 aromatic rings. The number of carbonyl (C=O) groups is 1. The molecule has 1 amide bonds. The molecule has 144 valence electrons. The molecule has 1 saturated heterocycles. The molecule has 1 atom stereocenters. The summed E-state index contributed by atoms with van der Waals surface area (Å²) in [4.78, 5) is 16.1. The maximum atomic E-state index is 12.4. The molecule has 2 heterocycles. The second kappa shape index (κ2) is 7.03. The molecule has 1 aliphatic rings. The fraction of sp³-hybridized carbons (Fsp3) is 0.421. The molecule has 8 nitrogen and oxygen atoms in total. The minimum Gasteiger partial charge on any atom is -0.507 e. The van der Waals surface area contributed by atoms with Crippen LogP contribution in [0, 0.1) is 0 Å². The first-order valence-corrected chi connectivity index (χ1v) is 8.88. The zero-order valence-electron chi connectivity index (χ0n) is 15.8. The van der Waals surface area contributed by atoms with Crippen LogP contribution in [0.4, 0.5) is 11.5 Å². The molecule has 1 aliphatic heterocycles. The van der Waals surface area contributed by atoms with E-state index in [4.69, 9.17) is 5.73 Å². The number of rotatable bonds is 3. The largest absolute Gasteiger partial charge is 0.507 e. The van der Waals surface area contributed by atoms with Crippen LogP contribution in [-0.4, -0.2) is 62.5 Å². The number of hydrogen-bond donors (Lipinski definition) is 3. The van der Waals surface area contributed by atoms with Crippen molar-refractivity contribution in [1.82, 2.24) is 15.1 Å². The van der Waals surface area contributed by atoms with Crippen LogP contribution >= 0.6 is 0 Å². The number of nitrogen functional groups attached to an aromatic ring is 1. The molecule has 0 aliphatic carbocycles. The lowest BCUT2D eigenvalue weighted by molar-refractivity contribution is -0.150. The lowest BCUT2D eigenvalue weighted by atomic mass is 10.0. The van der Waals surface area contributed by atoms with E-state index in [1.54, 1.807) is 29.2 Å². The van der Waals surface area contributed by atoms with Crippen LogP contribution in [0.15, 0.2) is 30.3 Å². The standard InChI is InChI=1S/C19H25N5O3/c1-12-11-23(8-9-24(12)18(26)19(2,3)27)15-10-14(21-22-17(15)20)13-6-4-5-7-16(13)25/h4-7,10,12,25,27H,8-9,11H2,1-3H3,(H2,20,22)/t12-/m1/s1. The molecular formula is C19H25N5O3. The molecular weight excluding hydrogens is 346 g/mol. The van der Waals surface area contributed by atoms with Gasteiger partial charge in [0, 0.05) is 31.2 Å². The molecule has 0 saturated carbocycles. The quantitative estimate of drug-likeness (QED) is 0.743. The van der Waals surface area contributed by atoms with Crippen LogP contribution in [0.2, 0.25) is 0 Å². The van der Waals surface area contributed by atoms with Crippen molar-refractivity contribution in [1.29, 1.82) is 0 Å². The summed E-state index contributed by atoms with van der Waals surface area (Å²) in [5.74, 6) is 0.130. The Morgan fingerprint density at radius 1 is 1.26 bits per heavy atom. The Bertz CT molecular complexity index is 849. The van der Waals surface area contributed by atoms with E-state index in [0.29, 0.717) is 42.4 Å². The first-order valence-electron chi connectivity index (χ1n) is 8.88. The molecule has 1 aromatic carbocycles. The summed E-state index contributed by atoms with van der Waals surface area (Å²) < 4.78 is 0. The second-order valence-electron chi connectivity index (χ2n) is 7.37. The van der Waals surface area contributed by atoms with Crippen LogP contribution in [-0.2, 0) is 4.79 Å². The summed E-state index contributed by atoms with van der Waals surface area (Å²) in [5, 5.41) is 28.2. The number of phenolic OH excluding ortho intramolecular Hbond substituents is 1. The zero-order valence-corrected chi connectivity index (χ0v) is 15.8. The number of aromatic nitrogens is 2. The molecule has 3 rings (SSSR count). The lowest BCUT2D eigenvalue weighted by Crippen LogP contribution is -2.58. The highest BCUT2D eigenvalue weighted by Gasteiger charge is 2.35. The fourth-order valence-corrected chi connectivity index (χ4v) is 3.30. The maximum Gasteiger partial charge on any atom is 0.254 e. The number of carbonyl (C=O) groups excluding carboxylic acids is 1. The van der Waals surface area contributed by atoms with E-state index < -0.39 is 5.60 Å². The van der Waals surface area contributed by atoms with Gasteiger partial charge in [-0.25, -0.2) is 0 Å². The molecule has 4 N–H and O–H groups in total. The number of anilines is 2. The maximum absolute atomic E-state index is 12.4. The van der Waals surface area contributed by atoms with Gasteiger partial charge in [-0.15, -0.1) is 10.2 Å². The van der Waals surface area contributed by atoms with Gasteiger partial charge < -0.3 is 25.7 Å². The van der Waals surface area contributed by atoms with E-state index in [1.807, 2.05) is 17.9 Å². The first-order chi connectivity index (χ1) is 12.7. The number of piperazine rings is 1. The molecule has 1 aromatic heterocycles. The SMILES string of the molecule is C[C@@H]1CN(c2cc(-c3ccccc3O)nnc2N)CCN1C(=O)C(C)(C)O. The fourth-order valence-electron chi connectivity index (χ4n) is 3.30. The van der Waals surface area contributed by atoms with Gasteiger partial charge in [-0.3, -0.25) is 4.79 Å². The van der Waals surface area contributed by atoms with Gasteiger partial charge in [0.05, 0.1) is 11.4 Å². The van der Waals surface area contributed by atoms with E-state index in [2.05, 4.69) is 10.2 Å². The van der Waals surface area contributed by atoms with Crippen LogP contribution in [0.3, 0.4) is 0 Å². The average molecular weight is 371 g/mol. The third-order valence-electron chi connectivity index (χ3n) is 4.73. The van der Waals surface area contributed by atoms with E-state index in [0.717, 1.165) is 0 Å². The molecule has 0 bridgehead atoms. The van der Waals surface area contributed by atoms with Gasteiger partial charge in [-0.2, -0.15) is 0 Å². The summed E-state index contributed by atoms with van der Waals surface area (Å²) in [7, 11) is 0. The predicted octanol–water partition coefficient (Wildman–Crippen LogP) is 1.24. The van der Waals surface area contributed by atoms with Crippen molar-refractivity contribution < 1.29 is 15.0 Å². The van der Waals surface area contributed by atoms with Crippen LogP contribution in [0.1, 0.15) is 20.8 Å². The smallest absolute Gasteiger partial charge is 0.254 e. The molecule has 27 heavy (non-hydrogen) atoms. The number of aliphatic hydroxyl groups is 1. The highest BCUT2D eigenvalue weighted by molar-refractivity contribution is 5.84. The molecule has 0 unspecified atom stereocenters. The van der Waals surface area contributed by atoms with E-state index in [9.17, 15) is 15.0 Å². The monoisotopic (exact) mass is 371 g/mol. The Labute approximate surface area is 158 Å². The highest BCUT2D eigenvalue weighted by Crippen LogP contribution is 2.32. The third kappa shape index (κ3) is 3.80. The Balaban J connectivity index is 1.85. The van der Waals surface area contributed by atoms with Gasteiger partial charge in [-0.05, 0) is 39.0 Å². The topological polar surface area (TPSA) is 116 Å². The zero-order chi connectivity index (χ0) is 19.8. The summed E-state index contributed by atoms with van der Waals surface area (Å²) in [6.45, 7) is 6.51. The van der Waals surface area contributed by atoms with Crippen molar-refractivity contribution in [3.8, 4) is 17.0 Å². The predicted molar refractivity (Wildman–Crippen MR) is 103 cm³/mol. The van der Waals surface area contributed by atoms with Crippen molar-refractivity contribution in [2.24, 2.45) is 0 Å². The van der Waals surface area contributed by atoms with Gasteiger partial charge in [0.2, 0.25) is 0 Å². The highest BCUT2D eigenvalue weighted by atomic mass is 16.3. The average Bonchev–Trinajstić information content (AvgIpc) is 2.61. The summed E-state index contributed by atoms with van der Waals surface area (Å²) in [6, 6.07) is 8.62. The molecule has 8 heteroatoms. The number of hydrogen-bond acceptors (Lipinski definition) is 7.